The van der Waals surface area contributed by atoms with Crippen molar-refractivity contribution in [1.82, 2.24) is 0 Å². The van der Waals surface area contributed by atoms with Crippen LogP contribution < -0.4 is 14.7 Å². The van der Waals surface area contributed by atoms with Crippen molar-refractivity contribution in [2.45, 2.75) is 24.4 Å². The van der Waals surface area contributed by atoms with Crippen molar-refractivity contribution in [2.75, 3.05) is 74.4 Å². The van der Waals surface area contributed by atoms with Crippen LogP contribution in [0.1, 0.15) is 0 Å². The molecule has 4 aliphatic heterocycles. The van der Waals surface area contributed by atoms with E-state index in [4.69, 9.17) is 18.9 Å². The molecule has 4 aliphatic rings. The molecule has 0 saturated carbocycles. The van der Waals surface area contributed by atoms with Crippen LogP contribution in [0.5, 0.6) is 0 Å². The summed E-state index contributed by atoms with van der Waals surface area (Å²) in [6, 6.07) is 35.4. The maximum Gasteiger partial charge on any atom is 0.0984 e. The van der Waals surface area contributed by atoms with Gasteiger partial charge in [-0.2, -0.15) is 0 Å². The van der Waals surface area contributed by atoms with E-state index in [9.17, 15) is 0 Å². The predicted octanol–water partition coefficient (Wildman–Crippen LogP) is 6.00. The van der Waals surface area contributed by atoms with Crippen molar-refractivity contribution < 1.29 is 18.9 Å². The van der Waals surface area contributed by atoms with Crippen LogP contribution in [0.2, 0.25) is 0 Å². The number of epoxide rings is 4. The Balaban J connectivity index is 0.907. The summed E-state index contributed by atoms with van der Waals surface area (Å²) in [5.74, 6) is 0. The first-order chi connectivity index (χ1) is 21.6. The maximum atomic E-state index is 5.48. The van der Waals surface area contributed by atoms with E-state index in [0.717, 1.165) is 64.0 Å². The van der Waals surface area contributed by atoms with Gasteiger partial charge in [-0.05, 0) is 70.8 Å². The van der Waals surface area contributed by atoms with Gasteiger partial charge in [0, 0.05) is 56.0 Å². The third-order valence-electron chi connectivity index (χ3n) is 8.95. The highest BCUT2D eigenvalue weighted by Gasteiger charge is 2.32. The number of anilines is 4. The van der Waals surface area contributed by atoms with Crippen LogP contribution in [0.25, 0.3) is 22.3 Å². The van der Waals surface area contributed by atoms with Crippen LogP contribution in [0.4, 0.5) is 22.7 Å². The third kappa shape index (κ3) is 6.76. The van der Waals surface area contributed by atoms with Gasteiger partial charge < -0.3 is 33.6 Å². The number of nitrogens with zero attached hydrogens (tertiary/aromatic N) is 3. The van der Waals surface area contributed by atoms with E-state index < -0.39 is 0 Å². The summed E-state index contributed by atoms with van der Waals surface area (Å²) in [7, 11) is 2.12. The van der Waals surface area contributed by atoms with Gasteiger partial charge in [0.05, 0.1) is 50.8 Å². The average Bonchev–Trinajstić information content (AvgIpc) is 3.88. The van der Waals surface area contributed by atoms with Crippen LogP contribution in [0.15, 0.2) is 97.1 Å². The monoisotopic (exact) mass is 589 g/mol. The molecule has 4 saturated heterocycles. The number of ether oxygens (including phenoxy) is 4. The van der Waals surface area contributed by atoms with E-state index in [1.54, 1.807) is 0 Å². The van der Waals surface area contributed by atoms with Gasteiger partial charge in [0.2, 0.25) is 0 Å². The van der Waals surface area contributed by atoms with Gasteiger partial charge in [-0.3, -0.25) is 0 Å². The first-order valence-corrected chi connectivity index (χ1v) is 15.8. The Morgan fingerprint density at radius 1 is 0.409 bits per heavy atom. The number of rotatable bonds is 14. The molecule has 8 rings (SSSR count). The zero-order valence-corrected chi connectivity index (χ0v) is 25.2. The molecule has 4 heterocycles. The second kappa shape index (κ2) is 11.9. The number of hydrogen-bond acceptors (Lipinski definition) is 7. The number of benzene rings is 4. The normalized spacial score (nSPS) is 22.8. The Morgan fingerprint density at radius 3 is 0.864 bits per heavy atom. The topological polar surface area (TPSA) is 59.8 Å². The van der Waals surface area contributed by atoms with Crippen molar-refractivity contribution in [2.24, 2.45) is 0 Å². The quantitative estimate of drug-likeness (QED) is 0.167. The molecule has 226 valence electrons. The van der Waals surface area contributed by atoms with E-state index in [1.807, 2.05) is 0 Å². The number of hydrogen-bond donors (Lipinski definition) is 0. The molecule has 7 heteroatoms. The Bertz CT molecular complexity index is 1400. The summed E-state index contributed by atoms with van der Waals surface area (Å²) in [5.41, 5.74) is 9.62. The van der Waals surface area contributed by atoms with E-state index >= 15 is 0 Å². The molecule has 4 fully saturated rings. The largest absolute Gasteiger partial charge is 0.371 e. The van der Waals surface area contributed by atoms with Crippen molar-refractivity contribution in [3.05, 3.63) is 97.1 Å². The molecule has 0 aromatic heterocycles. The average molecular weight is 590 g/mol. The molecule has 4 aromatic carbocycles. The zero-order chi connectivity index (χ0) is 29.5. The highest BCUT2D eigenvalue weighted by Crippen LogP contribution is 2.32. The van der Waals surface area contributed by atoms with Crippen LogP contribution in [-0.4, -0.2) is 84.1 Å². The summed E-state index contributed by atoms with van der Waals surface area (Å²) >= 11 is 0. The lowest BCUT2D eigenvalue weighted by Crippen LogP contribution is -2.31. The zero-order valence-electron chi connectivity index (χ0n) is 25.2. The van der Waals surface area contributed by atoms with Crippen molar-refractivity contribution in [1.29, 1.82) is 0 Å². The first kappa shape index (κ1) is 27.7. The van der Waals surface area contributed by atoms with Gasteiger partial charge in [0.1, 0.15) is 0 Å². The Hall–Kier alpha value is -3.88. The van der Waals surface area contributed by atoms with Gasteiger partial charge in [0.25, 0.3) is 0 Å². The summed E-state index contributed by atoms with van der Waals surface area (Å²) in [6.07, 6.45) is 1.43. The molecule has 0 amide bonds. The lowest BCUT2D eigenvalue weighted by atomic mass is 10.0. The Labute approximate surface area is 259 Å². The summed E-state index contributed by atoms with van der Waals surface area (Å²) < 4.78 is 21.9. The van der Waals surface area contributed by atoms with E-state index in [2.05, 4.69) is 119 Å². The van der Waals surface area contributed by atoms with Crippen LogP contribution >= 0.6 is 0 Å². The molecule has 0 radical (unpaired) electrons. The molecular weight excluding hydrogens is 550 g/mol. The minimum atomic E-state index is 0.359. The fourth-order valence-electron chi connectivity index (χ4n) is 5.88. The van der Waals surface area contributed by atoms with Crippen molar-refractivity contribution in [3.8, 4) is 22.3 Å². The maximum absolute atomic E-state index is 5.48. The SMILES string of the molecule is CN(c1ccc(-c2ccc(N(CC3CO3)CC3CO3)cc2)cc1)c1ccc(-c2ccc(N(CC3CO3)CC3CO3)cc2)cc1. The van der Waals surface area contributed by atoms with E-state index in [0.29, 0.717) is 24.4 Å². The predicted molar refractivity (Wildman–Crippen MR) is 175 cm³/mol. The second-order valence-corrected chi connectivity index (χ2v) is 12.4. The molecule has 0 bridgehead atoms. The Kier molecular flexibility index (Phi) is 7.48. The lowest BCUT2D eigenvalue weighted by Gasteiger charge is -2.24. The van der Waals surface area contributed by atoms with Crippen LogP contribution in [0, 0.1) is 0 Å². The van der Waals surface area contributed by atoms with E-state index in [-0.39, 0.29) is 0 Å². The summed E-state index contributed by atoms with van der Waals surface area (Å²) in [4.78, 5) is 7.01. The fourth-order valence-corrected chi connectivity index (χ4v) is 5.88. The standard InChI is InChI=1S/C37H39N3O4/c1-38(30-10-2-26(3-11-30)28-6-14-32(15-7-28)39(18-34-22-41-34)19-35-23-42-35)31-12-4-27(5-13-31)29-8-16-33(17-9-29)40(20-36-24-43-36)21-37-25-44-37/h2-17,34-37H,18-25H2,1H3. The molecule has 0 spiro atoms. The fraction of sp³-hybridized carbons (Fsp3) is 0.351. The van der Waals surface area contributed by atoms with Crippen LogP contribution in [-0.2, 0) is 18.9 Å². The second-order valence-electron chi connectivity index (χ2n) is 12.4. The van der Waals surface area contributed by atoms with Gasteiger partial charge in [0.15, 0.2) is 0 Å². The van der Waals surface area contributed by atoms with Gasteiger partial charge in [-0.15, -0.1) is 0 Å². The smallest absolute Gasteiger partial charge is 0.0984 e. The highest BCUT2D eigenvalue weighted by molar-refractivity contribution is 5.73. The van der Waals surface area contributed by atoms with Crippen LogP contribution in [0.3, 0.4) is 0 Å². The molecule has 4 aromatic rings. The Morgan fingerprint density at radius 2 is 0.636 bits per heavy atom. The molecule has 44 heavy (non-hydrogen) atoms. The molecule has 4 atom stereocenters. The first-order valence-electron chi connectivity index (χ1n) is 15.8. The summed E-state index contributed by atoms with van der Waals surface area (Å²) in [5, 5.41) is 0. The highest BCUT2D eigenvalue weighted by atomic mass is 16.6. The molecule has 4 unspecified atom stereocenters. The third-order valence-corrected chi connectivity index (χ3v) is 8.95. The lowest BCUT2D eigenvalue weighted by molar-refractivity contribution is 0.388. The minimum absolute atomic E-state index is 0.359. The van der Waals surface area contributed by atoms with Crippen molar-refractivity contribution in [3.63, 3.8) is 0 Å². The van der Waals surface area contributed by atoms with Crippen molar-refractivity contribution >= 4 is 22.7 Å². The summed E-state index contributed by atoms with van der Waals surface area (Å²) in [6.45, 7) is 7.19. The minimum Gasteiger partial charge on any atom is -0.371 e. The molecule has 0 aliphatic carbocycles. The molecule has 0 N–H and O–H groups in total. The van der Waals surface area contributed by atoms with Gasteiger partial charge in [-0.25, -0.2) is 0 Å². The van der Waals surface area contributed by atoms with Gasteiger partial charge in [-0.1, -0.05) is 48.5 Å². The molecule has 7 nitrogen and oxygen atoms in total. The van der Waals surface area contributed by atoms with E-state index in [1.165, 1.54) is 33.6 Å². The molecular formula is C37H39N3O4. The van der Waals surface area contributed by atoms with Gasteiger partial charge >= 0.3 is 0 Å².